The van der Waals surface area contributed by atoms with Crippen molar-refractivity contribution < 1.29 is 35.9 Å². The summed E-state index contributed by atoms with van der Waals surface area (Å²) in [5.74, 6) is -0.0804. The summed E-state index contributed by atoms with van der Waals surface area (Å²) in [7, 11) is 0. The molecule has 2 unspecified atom stereocenters. The maximum absolute atomic E-state index is 13.4. The first-order valence-corrected chi connectivity index (χ1v) is 8.86. The van der Waals surface area contributed by atoms with Gasteiger partial charge < -0.3 is 14.8 Å². The topological polar surface area (TPSA) is 58.3 Å². The summed E-state index contributed by atoms with van der Waals surface area (Å²) in [5, 5.41) is 12.6. The van der Waals surface area contributed by atoms with Crippen LogP contribution in [0.2, 0.25) is 0 Å². The highest BCUT2D eigenvalue weighted by molar-refractivity contribution is 5.78. The molecule has 1 aliphatic carbocycles. The van der Waals surface area contributed by atoms with E-state index in [1.165, 1.54) is 6.07 Å². The Kier molecular flexibility index (Phi) is 5.16. The Hall–Kier alpha value is -1.81. The van der Waals surface area contributed by atoms with Gasteiger partial charge in [0, 0.05) is 18.5 Å². The summed E-state index contributed by atoms with van der Waals surface area (Å²) in [5.41, 5.74) is -4.21. The molecule has 0 bridgehead atoms. The van der Waals surface area contributed by atoms with Crippen LogP contribution in [-0.4, -0.2) is 27.9 Å². The lowest BCUT2D eigenvalue weighted by Crippen LogP contribution is -2.56. The van der Waals surface area contributed by atoms with Crippen LogP contribution in [0, 0.1) is 0 Å². The number of hydrogen-bond acceptors (Lipinski definition) is 4. The minimum absolute atomic E-state index is 0.00664. The van der Waals surface area contributed by atoms with Gasteiger partial charge in [-0.15, -0.1) is 0 Å². The monoisotopic (exact) mass is 410 g/mol. The van der Waals surface area contributed by atoms with E-state index in [1.54, 1.807) is 13.8 Å². The lowest BCUT2D eigenvalue weighted by Gasteiger charge is -2.32. The standard InChI is InChI=1S/C18H20F6N2O2/c1-9(2)15-26-12-7-10(6-11(14(12)28-15)17(19,20)21)8-25-13-4-3-5-16(13,27)18(22,23)24/h6-7,9,13,25,27H,3-5,8H2,1-2H3. The summed E-state index contributed by atoms with van der Waals surface area (Å²) < 4.78 is 85.1. The van der Waals surface area contributed by atoms with Crippen LogP contribution in [0.3, 0.4) is 0 Å². The van der Waals surface area contributed by atoms with Gasteiger partial charge in [0.15, 0.2) is 17.1 Å². The fourth-order valence-electron chi connectivity index (χ4n) is 3.51. The third-order valence-corrected chi connectivity index (χ3v) is 5.04. The first-order chi connectivity index (χ1) is 12.8. The molecule has 28 heavy (non-hydrogen) atoms. The quantitative estimate of drug-likeness (QED) is 0.704. The van der Waals surface area contributed by atoms with E-state index in [1.807, 2.05) is 0 Å². The highest BCUT2D eigenvalue weighted by atomic mass is 19.4. The maximum Gasteiger partial charge on any atom is 0.420 e. The van der Waals surface area contributed by atoms with Crippen LogP contribution >= 0.6 is 0 Å². The van der Waals surface area contributed by atoms with Gasteiger partial charge in [0.2, 0.25) is 0 Å². The number of nitrogens with zero attached hydrogens (tertiary/aromatic N) is 1. The number of oxazole rings is 1. The van der Waals surface area contributed by atoms with Gasteiger partial charge in [-0.2, -0.15) is 26.3 Å². The number of aliphatic hydroxyl groups is 1. The Labute approximate surface area is 156 Å². The lowest BCUT2D eigenvalue weighted by molar-refractivity contribution is -0.264. The SMILES string of the molecule is CC(C)c1nc2cc(CNC3CCCC3(O)C(F)(F)F)cc(C(F)(F)F)c2o1. The summed E-state index contributed by atoms with van der Waals surface area (Å²) in [6.45, 7) is 3.17. The molecule has 0 spiro atoms. The Morgan fingerprint density at radius 2 is 1.93 bits per heavy atom. The average molecular weight is 410 g/mol. The summed E-state index contributed by atoms with van der Waals surface area (Å²) in [6, 6.07) is 0.905. The van der Waals surface area contributed by atoms with Crippen molar-refractivity contribution in [3.63, 3.8) is 0 Å². The van der Waals surface area contributed by atoms with E-state index < -0.39 is 41.6 Å². The highest BCUT2D eigenvalue weighted by Gasteiger charge is 2.60. The van der Waals surface area contributed by atoms with Gasteiger partial charge in [-0.1, -0.05) is 13.8 Å². The molecular formula is C18H20F6N2O2. The first-order valence-electron chi connectivity index (χ1n) is 8.86. The van der Waals surface area contributed by atoms with Gasteiger partial charge in [-0.25, -0.2) is 4.98 Å². The van der Waals surface area contributed by atoms with Gasteiger partial charge in [-0.05, 0) is 37.0 Å². The van der Waals surface area contributed by atoms with Crippen LogP contribution in [0.15, 0.2) is 16.5 Å². The first kappa shape index (κ1) is 20.9. The van der Waals surface area contributed by atoms with Gasteiger partial charge in [0.05, 0.1) is 0 Å². The van der Waals surface area contributed by atoms with E-state index >= 15 is 0 Å². The molecule has 156 valence electrons. The number of rotatable bonds is 4. The Morgan fingerprint density at radius 3 is 2.50 bits per heavy atom. The second-order valence-corrected chi connectivity index (χ2v) is 7.44. The third-order valence-electron chi connectivity index (χ3n) is 5.04. The largest absolute Gasteiger partial charge is 0.440 e. The van der Waals surface area contributed by atoms with E-state index in [0.29, 0.717) is 0 Å². The number of aromatic nitrogens is 1. The van der Waals surface area contributed by atoms with E-state index in [0.717, 1.165) is 6.07 Å². The molecule has 1 fully saturated rings. The number of fused-ring (bicyclic) bond motifs is 1. The Balaban J connectivity index is 1.91. The van der Waals surface area contributed by atoms with E-state index in [4.69, 9.17) is 4.42 Å². The molecule has 10 heteroatoms. The zero-order chi connectivity index (χ0) is 20.9. The van der Waals surface area contributed by atoms with Crippen molar-refractivity contribution in [2.75, 3.05) is 0 Å². The average Bonchev–Trinajstić information content (AvgIpc) is 3.14. The third kappa shape index (κ3) is 3.71. The molecular weight excluding hydrogens is 390 g/mol. The van der Waals surface area contributed by atoms with Crippen LogP contribution in [-0.2, 0) is 12.7 Å². The van der Waals surface area contributed by atoms with Gasteiger partial charge >= 0.3 is 12.4 Å². The number of hydrogen-bond donors (Lipinski definition) is 2. The molecule has 1 aromatic heterocycles. The van der Waals surface area contributed by atoms with E-state index in [9.17, 15) is 31.4 Å². The molecule has 0 saturated heterocycles. The molecule has 2 aromatic rings. The number of benzene rings is 1. The molecule has 1 aromatic carbocycles. The lowest BCUT2D eigenvalue weighted by atomic mass is 9.96. The second kappa shape index (κ2) is 6.91. The molecule has 1 aliphatic rings. The van der Waals surface area contributed by atoms with Crippen molar-refractivity contribution in [3.8, 4) is 0 Å². The molecule has 0 aliphatic heterocycles. The van der Waals surface area contributed by atoms with Crippen molar-refractivity contribution in [1.82, 2.24) is 10.3 Å². The Morgan fingerprint density at radius 1 is 1.25 bits per heavy atom. The molecule has 3 rings (SSSR count). The fraction of sp³-hybridized carbons (Fsp3) is 0.611. The normalized spacial score (nSPS) is 23.9. The predicted octanol–water partition coefficient (Wildman–Crippen LogP) is 4.91. The maximum atomic E-state index is 13.4. The van der Waals surface area contributed by atoms with Gasteiger partial charge in [0.1, 0.15) is 11.1 Å². The number of halogens is 6. The van der Waals surface area contributed by atoms with Crippen LogP contribution in [0.5, 0.6) is 0 Å². The zero-order valence-corrected chi connectivity index (χ0v) is 15.2. The molecule has 0 amide bonds. The smallest absolute Gasteiger partial charge is 0.420 e. The Bertz CT molecular complexity index is 858. The highest BCUT2D eigenvalue weighted by Crippen LogP contribution is 2.43. The number of nitrogens with one attached hydrogen (secondary N) is 1. The molecule has 4 nitrogen and oxygen atoms in total. The molecule has 0 radical (unpaired) electrons. The van der Waals surface area contributed by atoms with Gasteiger partial charge in [-0.3, -0.25) is 0 Å². The number of alkyl halides is 6. The van der Waals surface area contributed by atoms with Crippen LogP contribution in [0.4, 0.5) is 26.3 Å². The van der Waals surface area contributed by atoms with Crippen molar-refractivity contribution >= 4 is 11.1 Å². The van der Waals surface area contributed by atoms with Crippen molar-refractivity contribution in [3.05, 3.63) is 29.2 Å². The molecule has 2 atom stereocenters. The molecule has 2 N–H and O–H groups in total. The second-order valence-electron chi connectivity index (χ2n) is 7.44. The van der Waals surface area contributed by atoms with E-state index in [-0.39, 0.29) is 42.3 Å². The van der Waals surface area contributed by atoms with Crippen LogP contribution in [0.25, 0.3) is 11.1 Å². The van der Waals surface area contributed by atoms with Crippen molar-refractivity contribution in [2.24, 2.45) is 0 Å². The zero-order valence-electron chi connectivity index (χ0n) is 15.2. The van der Waals surface area contributed by atoms with Crippen molar-refractivity contribution in [1.29, 1.82) is 0 Å². The summed E-state index contributed by atoms with van der Waals surface area (Å²) in [4.78, 5) is 4.07. The minimum atomic E-state index is -4.82. The summed E-state index contributed by atoms with van der Waals surface area (Å²) >= 11 is 0. The van der Waals surface area contributed by atoms with Crippen molar-refractivity contribution in [2.45, 2.75) is 69.6 Å². The van der Waals surface area contributed by atoms with Crippen LogP contribution < -0.4 is 5.32 Å². The minimum Gasteiger partial charge on any atom is -0.440 e. The summed E-state index contributed by atoms with van der Waals surface area (Å²) in [6.07, 6.45) is -9.72. The molecule has 1 saturated carbocycles. The predicted molar refractivity (Wildman–Crippen MR) is 88.6 cm³/mol. The molecule has 1 heterocycles. The van der Waals surface area contributed by atoms with Gasteiger partial charge in [0.25, 0.3) is 0 Å². The van der Waals surface area contributed by atoms with E-state index in [2.05, 4.69) is 10.3 Å². The fourth-order valence-corrected chi connectivity index (χ4v) is 3.51. The van der Waals surface area contributed by atoms with Crippen LogP contribution in [0.1, 0.15) is 56.0 Å².